The van der Waals surface area contributed by atoms with Crippen LogP contribution in [0.15, 0.2) is 24.3 Å². The zero-order valence-electron chi connectivity index (χ0n) is 11.4. The van der Waals surface area contributed by atoms with Crippen molar-refractivity contribution >= 4 is 11.6 Å². The molecule has 0 aliphatic heterocycles. The van der Waals surface area contributed by atoms with Gasteiger partial charge in [-0.15, -0.1) is 0 Å². The van der Waals surface area contributed by atoms with Gasteiger partial charge in [-0.3, -0.25) is 0 Å². The Hall–Kier alpha value is -0.570. The van der Waals surface area contributed by atoms with Gasteiger partial charge in [0.1, 0.15) is 0 Å². The third kappa shape index (κ3) is 7.70. The fourth-order valence-corrected chi connectivity index (χ4v) is 1.93. The molecule has 1 aromatic rings. The molecule has 3 heteroatoms. The van der Waals surface area contributed by atoms with Crippen molar-refractivity contribution in [1.29, 1.82) is 0 Å². The molecule has 18 heavy (non-hydrogen) atoms. The summed E-state index contributed by atoms with van der Waals surface area (Å²) in [4.78, 5) is 0. The smallest absolute Gasteiger partial charge is 0.0718 e. The highest BCUT2D eigenvalue weighted by molar-refractivity contribution is 6.30. The standard InChI is InChI=1S/C15H24ClNO/c1-13(2)5-4-8-17-9-10-18-12-14-6-3-7-15(16)11-14/h3,6-7,11,13,17H,4-5,8-10,12H2,1-2H3. The maximum atomic E-state index is 5.90. The van der Waals surface area contributed by atoms with Crippen molar-refractivity contribution in [2.24, 2.45) is 5.92 Å². The summed E-state index contributed by atoms with van der Waals surface area (Å²) in [5.74, 6) is 0.797. The van der Waals surface area contributed by atoms with E-state index in [2.05, 4.69) is 19.2 Å². The Morgan fingerprint density at radius 2 is 2.11 bits per heavy atom. The molecular weight excluding hydrogens is 246 g/mol. The van der Waals surface area contributed by atoms with Crippen LogP contribution in [0, 0.1) is 5.92 Å². The Kier molecular flexibility index (Phi) is 8.06. The van der Waals surface area contributed by atoms with E-state index in [9.17, 15) is 0 Å². The quantitative estimate of drug-likeness (QED) is 0.687. The second kappa shape index (κ2) is 9.37. The molecule has 0 atom stereocenters. The minimum absolute atomic E-state index is 0.633. The van der Waals surface area contributed by atoms with Crippen molar-refractivity contribution in [3.05, 3.63) is 34.9 Å². The average Bonchev–Trinajstić information content (AvgIpc) is 2.32. The van der Waals surface area contributed by atoms with Gasteiger partial charge in [-0.25, -0.2) is 0 Å². The lowest BCUT2D eigenvalue weighted by Crippen LogP contribution is -2.21. The van der Waals surface area contributed by atoms with Crippen LogP contribution >= 0.6 is 11.6 Å². The molecule has 2 nitrogen and oxygen atoms in total. The molecule has 0 radical (unpaired) electrons. The van der Waals surface area contributed by atoms with Gasteiger partial charge in [-0.1, -0.05) is 37.6 Å². The summed E-state index contributed by atoms with van der Waals surface area (Å²) in [6.07, 6.45) is 2.53. The van der Waals surface area contributed by atoms with Crippen molar-refractivity contribution in [3.63, 3.8) is 0 Å². The molecule has 0 aliphatic carbocycles. The lowest BCUT2D eigenvalue weighted by Gasteiger charge is -2.07. The van der Waals surface area contributed by atoms with Crippen molar-refractivity contribution in [3.8, 4) is 0 Å². The van der Waals surface area contributed by atoms with Gasteiger partial charge in [0.15, 0.2) is 0 Å². The third-order valence-electron chi connectivity index (χ3n) is 2.72. The van der Waals surface area contributed by atoms with Crippen molar-refractivity contribution in [2.45, 2.75) is 33.3 Å². The zero-order valence-corrected chi connectivity index (χ0v) is 12.2. The minimum Gasteiger partial charge on any atom is -0.375 e. The van der Waals surface area contributed by atoms with Gasteiger partial charge < -0.3 is 10.1 Å². The van der Waals surface area contributed by atoms with Gasteiger partial charge in [0, 0.05) is 11.6 Å². The van der Waals surface area contributed by atoms with Crippen LogP contribution in [0.2, 0.25) is 5.02 Å². The van der Waals surface area contributed by atoms with Crippen LogP contribution in [0.1, 0.15) is 32.3 Å². The fourth-order valence-electron chi connectivity index (χ4n) is 1.72. The Balaban J connectivity index is 1.96. The number of nitrogens with one attached hydrogen (secondary N) is 1. The highest BCUT2D eigenvalue weighted by atomic mass is 35.5. The van der Waals surface area contributed by atoms with E-state index < -0.39 is 0 Å². The molecular formula is C15H24ClNO. The van der Waals surface area contributed by atoms with Crippen LogP contribution < -0.4 is 5.32 Å². The van der Waals surface area contributed by atoms with Gasteiger partial charge in [-0.05, 0) is 43.0 Å². The van der Waals surface area contributed by atoms with Crippen LogP contribution in [0.5, 0.6) is 0 Å². The first-order valence-electron chi connectivity index (χ1n) is 6.71. The molecule has 1 N–H and O–H groups in total. The van der Waals surface area contributed by atoms with Crippen LogP contribution in [-0.4, -0.2) is 19.7 Å². The highest BCUT2D eigenvalue weighted by Crippen LogP contribution is 2.11. The molecule has 0 fully saturated rings. The second-order valence-electron chi connectivity index (χ2n) is 4.97. The molecule has 0 heterocycles. The molecule has 1 aromatic carbocycles. The van der Waals surface area contributed by atoms with Gasteiger partial charge in [0.2, 0.25) is 0 Å². The number of halogens is 1. The number of hydrogen-bond donors (Lipinski definition) is 1. The predicted octanol–water partition coefficient (Wildman–Crippen LogP) is 3.88. The third-order valence-corrected chi connectivity index (χ3v) is 2.95. The molecule has 0 aliphatic rings. The van der Waals surface area contributed by atoms with E-state index in [1.807, 2.05) is 24.3 Å². The molecule has 1 rings (SSSR count). The van der Waals surface area contributed by atoms with Crippen molar-refractivity contribution < 1.29 is 4.74 Å². The Bertz CT molecular complexity index is 328. The minimum atomic E-state index is 0.633. The Labute approximate surface area is 116 Å². The molecule has 0 aromatic heterocycles. The molecule has 0 saturated heterocycles. The van der Waals surface area contributed by atoms with Gasteiger partial charge in [-0.2, -0.15) is 0 Å². The van der Waals surface area contributed by atoms with E-state index in [1.54, 1.807) is 0 Å². The van der Waals surface area contributed by atoms with E-state index in [0.29, 0.717) is 6.61 Å². The maximum Gasteiger partial charge on any atom is 0.0718 e. The first-order valence-corrected chi connectivity index (χ1v) is 7.09. The number of rotatable bonds is 9. The van der Waals surface area contributed by atoms with Crippen LogP contribution in [0.3, 0.4) is 0 Å². The highest BCUT2D eigenvalue weighted by Gasteiger charge is 1.96. The monoisotopic (exact) mass is 269 g/mol. The molecule has 0 spiro atoms. The summed E-state index contributed by atoms with van der Waals surface area (Å²) in [5.41, 5.74) is 1.13. The zero-order chi connectivity index (χ0) is 13.2. The van der Waals surface area contributed by atoms with Crippen molar-refractivity contribution in [2.75, 3.05) is 19.7 Å². The van der Waals surface area contributed by atoms with Gasteiger partial charge >= 0.3 is 0 Å². The molecule has 0 saturated carbocycles. The summed E-state index contributed by atoms with van der Waals surface area (Å²) in [5, 5.41) is 4.15. The Morgan fingerprint density at radius 1 is 1.28 bits per heavy atom. The van der Waals surface area contributed by atoms with E-state index in [-0.39, 0.29) is 0 Å². The van der Waals surface area contributed by atoms with Gasteiger partial charge in [0.25, 0.3) is 0 Å². The fraction of sp³-hybridized carbons (Fsp3) is 0.600. The molecule has 0 bridgehead atoms. The topological polar surface area (TPSA) is 21.3 Å². The van der Waals surface area contributed by atoms with Crippen LogP contribution in [0.25, 0.3) is 0 Å². The van der Waals surface area contributed by atoms with E-state index in [1.165, 1.54) is 12.8 Å². The lowest BCUT2D eigenvalue weighted by molar-refractivity contribution is 0.122. The SMILES string of the molecule is CC(C)CCCNCCOCc1cccc(Cl)c1. The average molecular weight is 270 g/mol. The molecule has 0 amide bonds. The molecule has 0 unspecified atom stereocenters. The number of hydrogen-bond acceptors (Lipinski definition) is 2. The largest absolute Gasteiger partial charge is 0.375 e. The summed E-state index contributed by atoms with van der Waals surface area (Å²) in [6, 6.07) is 7.80. The Morgan fingerprint density at radius 3 is 2.83 bits per heavy atom. The summed E-state index contributed by atoms with van der Waals surface area (Å²) in [6.45, 7) is 7.89. The maximum absolute atomic E-state index is 5.90. The van der Waals surface area contributed by atoms with E-state index in [0.717, 1.165) is 36.2 Å². The van der Waals surface area contributed by atoms with Gasteiger partial charge in [0.05, 0.1) is 13.2 Å². The summed E-state index contributed by atoms with van der Waals surface area (Å²) < 4.78 is 5.58. The predicted molar refractivity (Wildman–Crippen MR) is 78.0 cm³/mol. The number of ether oxygens (including phenoxy) is 1. The normalized spacial score (nSPS) is 11.1. The molecule has 102 valence electrons. The first-order chi connectivity index (χ1) is 8.68. The number of benzene rings is 1. The lowest BCUT2D eigenvalue weighted by atomic mass is 10.1. The second-order valence-corrected chi connectivity index (χ2v) is 5.41. The van der Waals surface area contributed by atoms with Crippen molar-refractivity contribution in [1.82, 2.24) is 5.32 Å². The van der Waals surface area contributed by atoms with Crippen LogP contribution in [-0.2, 0) is 11.3 Å². The summed E-state index contributed by atoms with van der Waals surface area (Å²) in [7, 11) is 0. The van der Waals surface area contributed by atoms with E-state index >= 15 is 0 Å². The van der Waals surface area contributed by atoms with Crippen LogP contribution in [0.4, 0.5) is 0 Å². The van der Waals surface area contributed by atoms with E-state index in [4.69, 9.17) is 16.3 Å². The summed E-state index contributed by atoms with van der Waals surface area (Å²) >= 11 is 5.90. The first kappa shape index (κ1) is 15.5.